The summed E-state index contributed by atoms with van der Waals surface area (Å²) in [4.78, 5) is 16.4. The molecule has 2 N–H and O–H groups in total. The number of carbonyl (C=O) groups is 1. The topological polar surface area (TPSA) is 53.6 Å². The van der Waals surface area contributed by atoms with Crippen molar-refractivity contribution in [1.82, 2.24) is 15.5 Å². The van der Waals surface area contributed by atoms with Gasteiger partial charge in [-0.25, -0.2) is 0 Å². The molecule has 2 heterocycles. The van der Waals surface area contributed by atoms with Crippen molar-refractivity contribution in [2.24, 2.45) is 5.41 Å². The highest BCUT2D eigenvalue weighted by atomic mass is 32.1. The summed E-state index contributed by atoms with van der Waals surface area (Å²) in [6, 6.07) is 12.0. The molecule has 0 unspecified atom stereocenters. The standard InChI is InChI=1S/C27H39N3O2S/c1-22-11-13-23(14-12-22)32-19-25(31)30(18-24-10-9-17-33-24)26-28-20-27(21-29-26)15-7-5-3-2-4-6-8-16-27/h9-14,17,26,28-29H,2-8,15-16,18-21H2,1H3. The van der Waals surface area contributed by atoms with Gasteiger partial charge < -0.3 is 9.64 Å². The maximum atomic E-state index is 13.3. The second kappa shape index (κ2) is 12.0. The molecule has 0 atom stereocenters. The molecule has 0 bridgehead atoms. The van der Waals surface area contributed by atoms with Gasteiger partial charge >= 0.3 is 0 Å². The van der Waals surface area contributed by atoms with E-state index in [4.69, 9.17) is 4.74 Å². The summed E-state index contributed by atoms with van der Waals surface area (Å²) < 4.78 is 5.84. The highest BCUT2D eigenvalue weighted by Gasteiger charge is 2.37. The first-order valence-electron chi connectivity index (χ1n) is 12.6. The van der Waals surface area contributed by atoms with Crippen LogP contribution in [0.5, 0.6) is 5.75 Å². The number of amides is 1. The van der Waals surface area contributed by atoms with Crippen molar-refractivity contribution in [3.63, 3.8) is 0 Å². The van der Waals surface area contributed by atoms with Gasteiger partial charge in [-0.3, -0.25) is 15.4 Å². The molecule has 6 heteroatoms. The molecule has 33 heavy (non-hydrogen) atoms. The van der Waals surface area contributed by atoms with E-state index >= 15 is 0 Å². The number of nitrogens with zero attached hydrogens (tertiary/aromatic N) is 1. The molecule has 1 amide bonds. The average Bonchev–Trinajstić information content (AvgIpc) is 3.35. The highest BCUT2D eigenvalue weighted by Crippen LogP contribution is 2.34. The van der Waals surface area contributed by atoms with Crippen molar-refractivity contribution in [3.05, 3.63) is 52.2 Å². The lowest BCUT2D eigenvalue weighted by atomic mass is 9.76. The van der Waals surface area contributed by atoms with Crippen molar-refractivity contribution < 1.29 is 9.53 Å². The number of benzene rings is 1. The summed E-state index contributed by atoms with van der Waals surface area (Å²) in [5, 5.41) is 9.48. The number of nitrogens with one attached hydrogen (secondary N) is 2. The van der Waals surface area contributed by atoms with Crippen molar-refractivity contribution >= 4 is 17.2 Å². The Morgan fingerprint density at radius 3 is 2.24 bits per heavy atom. The fourth-order valence-electron chi connectivity index (χ4n) is 5.10. The van der Waals surface area contributed by atoms with Crippen LogP contribution in [0.4, 0.5) is 0 Å². The fraction of sp³-hybridized carbons (Fsp3) is 0.593. The second-order valence-electron chi connectivity index (χ2n) is 9.84. The molecule has 1 aromatic heterocycles. The van der Waals surface area contributed by atoms with Crippen LogP contribution in [0.3, 0.4) is 0 Å². The van der Waals surface area contributed by atoms with Gasteiger partial charge in [-0.1, -0.05) is 68.7 Å². The molecule has 2 aromatic rings. The van der Waals surface area contributed by atoms with Crippen LogP contribution in [0, 0.1) is 12.3 Å². The van der Waals surface area contributed by atoms with Crippen LogP contribution in [0.2, 0.25) is 0 Å². The number of carbonyl (C=O) groups excluding carboxylic acids is 1. The Labute approximate surface area is 202 Å². The molecule has 4 rings (SSSR count). The van der Waals surface area contributed by atoms with E-state index in [2.05, 4.69) is 22.1 Å². The lowest BCUT2D eigenvalue weighted by molar-refractivity contribution is -0.139. The Hall–Kier alpha value is -1.89. The minimum atomic E-state index is -0.165. The zero-order chi connectivity index (χ0) is 22.9. The first-order chi connectivity index (χ1) is 16.1. The number of hydrogen-bond acceptors (Lipinski definition) is 5. The first-order valence-corrected chi connectivity index (χ1v) is 13.5. The third-order valence-corrected chi connectivity index (χ3v) is 8.04. The van der Waals surface area contributed by atoms with Gasteiger partial charge in [0.2, 0.25) is 0 Å². The Balaban J connectivity index is 1.39. The summed E-state index contributed by atoms with van der Waals surface area (Å²) in [5.74, 6) is 0.728. The van der Waals surface area contributed by atoms with E-state index in [9.17, 15) is 4.79 Å². The molecule has 180 valence electrons. The highest BCUT2D eigenvalue weighted by molar-refractivity contribution is 7.09. The summed E-state index contributed by atoms with van der Waals surface area (Å²) >= 11 is 1.69. The van der Waals surface area contributed by atoms with E-state index in [1.54, 1.807) is 11.3 Å². The number of ether oxygens (including phenoxy) is 1. The number of hydrogen-bond donors (Lipinski definition) is 2. The van der Waals surface area contributed by atoms with Gasteiger partial charge in [-0.2, -0.15) is 0 Å². The maximum Gasteiger partial charge on any atom is 0.263 e. The number of thiophene rings is 1. The van der Waals surface area contributed by atoms with Gasteiger partial charge in [0.1, 0.15) is 12.0 Å². The van der Waals surface area contributed by atoms with E-state index in [0.29, 0.717) is 12.0 Å². The van der Waals surface area contributed by atoms with Gasteiger partial charge in [-0.15, -0.1) is 11.3 Å². The molecule has 2 aliphatic rings. The molecule has 1 aromatic carbocycles. The monoisotopic (exact) mass is 469 g/mol. The molecule has 2 fully saturated rings. The zero-order valence-electron chi connectivity index (χ0n) is 20.0. The molecule has 0 radical (unpaired) electrons. The summed E-state index contributed by atoms with van der Waals surface area (Å²) in [5.41, 5.74) is 1.49. The van der Waals surface area contributed by atoms with Gasteiger partial charge in [0.25, 0.3) is 5.91 Å². The quantitative estimate of drug-likeness (QED) is 0.591. The van der Waals surface area contributed by atoms with Gasteiger partial charge in [0.15, 0.2) is 6.61 Å². The van der Waals surface area contributed by atoms with Crippen LogP contribution >= 0.6 is 11.3 Å². The minimum absolute atomic E-state index is 0.00382. The third-order valence-electron chi connectivity index (χ3n) is 7.18. The summed E-state index contributed by atoms with van der Waals surface area (Å²) in [7, 11) is 0. The van der Waals surface area contributed by atoms with Gasteiger partial charge in [-0.05, 0) is 48.8 Å². The van der Waals surface area contributed by atoms with Crippen LogP contribution < -0.4 is 15.4 Å². The average molecular weight is 470 g/mol. The molecule has 5 nitrogen and oxygen atoms in total. The SMILES string of the molecule is Cc1ccc(OCC(=O)N(Cc2cccs2)C2NCC3(CCCCCCCCC3)CN2)cc1. The van der Waals surface area contributed by atoms with Crippen molar-refractivity contribution in [3.8, 4) is 5.75 Å². The van der Waals surface area contributed by atoms with Gasteiger partial charge in [0.05, 0.1) is 6.54 Å². The predicted molar refractivity (Wildman–Crippen MR) is 135 cm³/mol. The van der Waals surface area contributed by atoms with Crippen LogP contribution in [0.25, 0.3) is 0 Å². The fourth-order valence-corrected chi connectivity index (χ4v) is 5.80. The number of rotatable bonds is 6. The summed E-state index contributed by atoms with van der Waals surface area (Å²) in [6.07, 6.45) is 11.9. The van der Waals surface area contributed by atoms with Gasteiger partial charge in [0, 0.05) is 18.0 Å². The number of aryl methyl sites for hydroxylation is 1. The van der Waals surface area contributed by atoms with Crippen LogP contribution in [-0.4, -0.2) is 36.8 Å². The largest absolute Gasteiger partial charge is 0.484 e. The van der Waals surface area contributed by atoms with E-state index < -0.39 is 0 Å². The Morgan fingerprint density at radius 1 is 1.00 bits per heavy atom. The van der Waals surface area contributed by atoms with E-state index in [1.807, 2.05) is 42.2 Å². The van der Waals surface area contributed by atoms with Crippen molar-refractivity contribution in [1.29, 1.82) is 0 Å². The predicted octanol–water partition coefficient (Wildman–Crippen LogP) is 5.45. The molecular weight excluding hydrogens is 430 g/mol. The second-order valence-corrected chi connectivity index (χ2v) is 10.9. The van der Waals surface area contributed by atoms with Crippen molar-refractivity contribution in [2.45, 2.75) is 77.5 Å². The molecule has 1 aliphatic carbocycles. The van der Waals surface area contributed by atoms with Crippen LogP contribution in [0.15, 0.2) is 41.8 Å². The van der Waals surface area contributed by atoms with E-state index in [1.165, 1.54) is 68.2 Å². The molecule has 1 aliphatic heterocycles. The lowest BCUT2D eigenvalue weighted by Crippen LogP contribution is -2.65. The Morgan fingerprint density at radius 2 is 1.64 bits per heavy atom. The zero-order valence-corrected chi connectivity index (χ0v) is 20.8. The normalized spacial score (nSPS) is 19.8. The van der Waals surface area contributed by atoms with Crippen LogP contribution in [0.1, 0.15) is 68.2 Å². The summed E-state index contributed by atoms with van der Waals surface area (Å²) in [6.45, 7) is 4.62. The van der Waals surface area contributed by atoms with E-state index in [-0.39, 0.29) is 18.8 Å². The molecule has 1 saturated carbocycles. The molecule has 1 saturated heterocycles. The molecular formula is C27H39N3O2S. The minimum Gasteiger partial charge on any atom is -0.484 e. The third kappa shape index (κ3) is 7.05. The Bertz CT molecular complexity index is 833. The maximum absolute atomic E-state index is 13.3. The van der Waals surface area contributed by atoms with E-state index in [0.717, 1.165) is 18.8 Å². The first kappa shape index (κ1) is 24.2. The smallest absolute Gasteiger partial charge is 0.263 e. The molecule has 1 spiro atoms. The van der Waals surface area contributed by atoms with Crippen LogP contribution in [-0.2, 0) is 11.3 Å². The Kier molecular flexibility index (Phi) is 8.82. The van der Waals surface area contributed by atoms with Crippen molar-refractivity contribution in [2.75, 3.05) is 19.7 Å². The lowest BCUT2D eigenvalue weighted by Gasteiger charge is -2.45.